The van der Waals surface area contributed by atoms with Gasteiger partial charge in [-0.2, -0.15) is 4.79 Å². The van der Waals surface area contributed by atoms with Crippen molar-refractivity contribution in [3.8, 4) is 0 Å². The van der Waals surface area contributed by atoms with Crippen LogP contribution in [0.5, 0.6) is 0 Å². The fraction of sp³-hybridized carbons (Fsp3) is 0.467. The molecule has 1 rings (SSSR count). The molecule has 0 heterocycles. The van der Waals surface area contributed by atoms with Gasteiger partial charge in [-0.05, 0) is 16.9 Å². The molecule has 1 unspecified atom stereocenters. The lowest BCUT2D eigenvalue weighted by atomic mass is 9.73. The molecule has 1 atom stereocenters. The van der Waals surface area contributed by atoms with Crippen molar-refractivity contribution in [3.63, 3.8) is 0 Å². The zero-order chi connectivity index (χ0) is 13.8. The summed E-state index contributed by atoms with van der Waals surface area (Å²) >= 11 is 0. The lowest BCUT2D eigenvalue weighted by Gasteiger charge is -2.30. The number of hydrogen-bond donors (Lipinski definition) is 0. The van der Waals surface area contributed by atoms with Crippen LogP contribution in [-0.4, -0.2) is 16.3 Å². The number of carbonyl (C=O) groups excluding carboxylic acids is 1. The number of nitrogens with zero attached hydrogens (tertiary/aromatic N) is 2. The Morgan fingerprint density at radius 1 is 1.28 bits per heavy atom. The van der Waals surface area contributed by atoms with Gasteiger partial charge in [0.15, 0.2) is 0 Å². The number of Topliss-reactive ketones (excluding diaryl/α,β-unsaturated/α-hetero) is 1. The first-order valence-electron chi connectivity index (χ1n) is 6.13. The van der Waals surface area contributed by atoms with Crippen molar-refractivity contribution in [1.29, 1.82) is 0 Å². The monoisotopic (exact) mass is 244 g/mol. The van der Waals surface area contributed by atoms with Gasteiger partial charge in [-0.25, -0.2) is 0 Å². The van der Waals surface area contributed by atoms with Gasteiger partial charge in [-0.3, -0.25) is 4.79 Å². The van der Waals surface area contributed by atoms with Gasteiger partial charge in [-0.1, -0.05) is 51.1 Å². The Morgan fingerprint density at radius 2 is 1.83 bits per heavy atom. The van der Waals surface area contributed by atoms with Crippen LogP contribution in [0.25, 0.3) is 5.53 Å². The van der Waals surface area contributed by atoms with E-state index in [1.165, 1.54) is 6.92 Å². The van der Waals surface area contributed by atoms with Gasteiger partial charge in [0, 0.05) is 13.3 Å². The van der Waals surface area contributed by atoms with Gasteiger partial charge in [-0.15, -0.1) is 0 Å². The zero-order valence-electron chi connectivity index (χ0n) is 11.5. The van der Waals surface area contributed by atoms with E-state index in [4.69, 9.17) is 5.53 Å². The van der Waals surface area contributed by atoms with Crippen LogP contribution in [0.2, 0.25) is 0 Å². The molecule has 96 valence electrons. The lowest BCUT2D eigenvalue weighted by molar-refractivity contribution is -0.118. The Kier molecular flexibility index (Phi) is 4.57. The van der Waals surface area contributed by atoms with Crippen LogP contribution in [-0.2, 0) is 4.79 Å². The second-order valence-electron chi connectivity index (χ2n) is 5.64. The molecule has 0 fully saturated rings. The predicted octanol–water partition coefficient (Wildman–Crippen LogP) is 3.47. The van der Waals surface area contributed by atoms with Gasteiger partial charge in [0.25, 0.3) is 0 Å². The molecular formula is C15H20N2O. The van der Waals surface area contributed by atoms with Crippen molar-refractivity contribution >= 4 is 11.5 Å². The average Bonchev–Trinajstić information content (AvgIpc) is 2.34. The summed E-state index contributed by atoms with van der Waals surface area (Å²) in [5, 5.41) is 0. The van der Waals surface area contributed by atoms with Crippen LogP contribution in [0, 0.1) is 5.41 Å². The summed E-state index contributed by atoms with van der Waals surface area (Å²) in [7, 11) is 0. The van der Waals surface area contributed by atoms with Crippen LogP contribution in [0.3, 0.4) is 0 Å². The minimum atomic E-state index is -0.110. The molecule has 0 aromatic heterocycles. The Morgan fingerprint density at radius 3 is 2.28 bits per heavy atom. The van der Waals surface area contributed by atoms with Crippen molar-refractivity contribution in [1.82, 2.24) is 0 Å². The quantitative estimate of drug-likeness (QED) is 0.454. The SMILES string of the molecule is CC(=[N+]=[N-])C(=O)CC(c1ccccc1)C(C)(C)C. The summed E-state index contributed by atoms with van der Waals surface area (Å²) in [6, 6.07) is 9.99. The third kappa shape index (κ3) is 3.64. The minimum Gasteiger partial charge on any atom is -0.361 e. The smallest absolute Gasteiger partial charge is 0.331 e. The van der Waals surface area contributed by atoms with E-state index < -0.39 is 0 Å². The number of carbonyl (C=O) groups is 1. The Bertz CT molecular complexity index is 465. The number of benzene rings is 1. The van der Waals surface area contributed by atoms with Gasteiger partial charge in [0.1, 0.15) is 0 Å². The molecule has 3 heteroatoms. The third-order valence-electron chi connectivity index (χ3n) is 3.19. The molecule has 0 amide bonds. The van der Waals surface area contributed by atoms with Gasteiger partial charge in [0.2, 0.25) is 5.78 Å². The standard InChI is InChI=1S/C15H20N2O/c1-11(17-16)14(18)10-13(15(2,3)4)12-8-6-5-7-9-12/h5-9,13H,10H2,1-4H3. The largest absolute Gasteiger partial charge is 0.361 e. The summed E-state index contributed by atoms with van der Waals surface area (Å²) < 4.78 is 0. The molecule has 0 saturated heterocycles. The molecule has 0 spiro atoms. The highest BCUT2D eigenvalue weighted by Gasteiger charge is 2.30. The van der Waals surface area contributed by atoms with E-state index in [1.807, 2.05) is 30.3 Å². The van der Waals surface area contributed by atoms with Crippen LogP contribution in [0.4, 0.5) is 0 Å². The molecule has 0 aliphatic carbocycles. The van der Waals surface area contributed by atoms with E-state index in [0.29, 0.717) is 6.42 Å². The molecule has 1 aromatic carbocycles. The van der Waals surface area contributed by atoms with Crippen molar-refractivity contribution in [3.05, 3.63) is 41.4 Å². The molecule has 0 radical (unpaired) electrons. The van der Waals surface area contributed by atoms with Crippen LogP contribution < -0.4 is 0 Å². The number of rotatable bonds is 4. The normalized spacial score (nSPS) is 12.7. The Hall–Kier alpha value is -1.73. The van der Waals surface area contributed by atoms with Crippen molar-refractivity contribution in [2.24, 2.45) is 5.41 Å². The second kappa shape index (κ2) is 5.74. The summed E-state index contributed by atoms with van der Waals surface area (Å²) in [5.74, 6) is 0.00387. The van der Waals surface area contributed by atoms with E-state index >= 15 is 0 Å². The molecule has 1 aromatic rings. The predicted molar refractivity (Wildman–Crippen MR) is 72.6 cm³/mol. The molecule has 0 aliphatic heterocycles. The van der Waals surface area contributed by atoms with E-state index in [2.05, 4.69) is 25.6 Å². The highest BCUT2D eigenvalue weighted by molar-refractivity contribution is 6.36. The summed E-state index contributed by atoms with van der Waals surface area (Å²) in [5.41, 5.74) is 9.95. The van der Waals surface area contributed by atoms with Gasteiger partial charge >= 0.3 is 5.71 Å². The topological polar surface area (TPSA) is 53.5 Å². The Labute approximate surface area is 108 Å². The Balaban J connectivity index is 3.02. The fourth-order valence-electron chi connectivity index (χ4n) is 2.00. The summed E-state index contributed by atoms with van der Waals surface area (Å²) in [6.45, 7) is 7.88. The first kappa shape index (κ1) is 14.3. The van der Waals surface area contributed by atoms with E-state index in [1.54, 1.807) is 0 Å². The van der Waals surface area contributed by atoms with Crippen LogP contribution >= 0.6 is 0 Å². The van der Waals surface area contributed by atoms with Crippen LogP contribution in [0.15, 0.2) is 30.3 Å². The first-order chi connectivity index (χ1) is 8.36. The fourth-order valence-corrected chi connectivity index (χ4v) is 2.00. The molecule has 0 saturated carbocycles. The second-order valence-corrected chi connectivity index (χ2v) is 5.64. The van der Waals surface area contributed by atoms with E-state index in [0.717, 1.165) is 5.56 Å². The van der Waals surface area contributed by atoms with E-state index in [-0.39, 0.29) is 22.8 Å². The lowest BCUT2D eigenvalue weighted by Crippen LogP contribution is -2.24. The highest BCUT2D eigenvalue weighted by atomic mass is 16.1. The minimum absolute atomic E-state index is 0.0211. The number of hydrogen-bond acceptors (Lipinski definition) is 1. The van der Waals surface area contributed by atoms with Crippen molar-refractivity contribution < 1.29 is 9.58 Å². The zero-order valence-corrected chi connectivity index (χ0v) is 11.5. The number of ketones is 1. The summed E-state index contributed by atoms with van der Waals surface area (Å²) in [4.78, 5) is 14.9. The summed E-state index contributed by atoms with van der Waals surface area (Å²) in [6.07, 6.45) is 0.364. The maximum atomic E-state index is 11.9. The van der Waals surface area contributed by atoms with Crippen molar-refractivity contribution in [2.75, 3.05) is 0 Å². The maximum Gasteiger partial charge on any atom is 0.331 e. The van der Waals surface area contributed by atoms with Crippen molar-refractivity contribution in [2.45, 2.75) is 40.0 Å². The molecule has 18 heavy (non-hydrogen) atoms. The molecule has 0 aliphatic rings. The average molecular weight is 244 g/mol. The highest BCUT2D eigenvalue weighted by Crippen LogP contribution is 2.37. The third-order valence-corrected chi connectivity index (χ3v) is 3.19. The van der Waals surface area contributed by atoms with Gasteiger partial charge < -0.3 is 5.53 Å². The molecule has 0 bridgehead atoms. The molecular weight excluding hydrogens is 224 g/mol. The van der Waals surface area contributed by atoms with E-state index in [9.17, 15) is 4.79 Å². The van der Waals surface area contributed by atoms with Gasteiger partial charge in [0.05, 0.1) is 0 Å². The first-order valence-corrected chi connectivity index (χ1v) is 6.13. The molecule has 0 N–H and O–H groups in total. The van der Waals surface area contributed by atoms with Crippen LogP contribution in [0.1, 0.15) is 45.6 Å². The maximum absolute atomic E-state index is 11.9. The molecule has 3 nitrogen and oxygen atoms in total.